The molecule has 0 atom stereocenters. The number of aliphatic carboxylic acids is 1. The Bertz CT molecular complexity index is 1080. The highest BCUT2D eigenvalue weighted by Crippen LogP contribution is 2.38. The van der Waals surface area contributed by atoms with Gasteiger partial charge in [-0.05, 0) is 42.9 Å². The van der Waals surface area contributed by atoms with Crippen molar-refractivity contribution in [2.75, 3.05) is 0 Å². The second-order valence-corrected chi connectivity index (χ2v) is 13.8. The summed E-state index contributed by atoms with van der Waals surface area (Å²) >= 11 is 1.46. The molecule has 2 aromatic rings. The van der Waals surface area contributed by atoms with Gasteiger partial charge in [-0.3, -0.25) is 14.6 Å². The van der Waals surface area contributed by atoms with Gasteiger partial charge in [0.1, 0.15) is 0 Å². The topological polar surface area (TPSA) is 92.2 Å². The van der Waals surface area contributed by atoms with Crippen LogP contribution in [0.1, 0.15) is 113 Å². The van der Waals surface area contributed by atoms with Gasteiger partial charge in [0, 0.05) is 28.3 Å². The van der Waals surface area contributed by atoms with Crippen molar-refractivity contribution in [3.63, 3.8) is 0 Å². The van der Waals surface area contributed by atoms with Crippen molar-refractivity contribution in [1.82, 2.24) is 15.3 Å². The lowest BCUT2D eigenvalue weighted by Gasteiger charge is -2.32. The lowest BCUT2D eigenvalue weighted by Crippen LogP contribution is -2.46. The van der Waals surface area contributed by atoms with Gasteiger partial charge in [-0.25, -0.2) is 4.98 Å². The molecule has 2 aliphatic carbocycles. The standard InChI is InChI=1S/C29H41N3O3S/c1-28(2,3)22-15-18(16-23(32-22)29(4,5)6)24-21(12-17-10-8-7-9-11-17)31-26(36-24)25(33)30-20-13-19(14-20)27(34)35/h15-17,19-20H,7-14H2,1-6H3,(H,30,33)(H,34,35)/t19-,20-. The molecule has 2 heterocycles. The van der Waals surface area contributed by atoms with Crippen LogP contribution in [-0.2, 0) is 22.0 Å². The van der Waals surface area contributed by atoms with E-state index >= 15 is 0 Å². The normalized spacial score (nSPS) is 21.2. The number of hydrogen-bond acceptors (Lipinski definition) is 5. The van der Waals surface area contributed by atoms with Gasteiger partial charge < -0.3 is 10.4 Å². The first kappa shape index (κ1) is 26.8. The van der Waals surface area contributed by atoms with Crippen molar-refractivity contribution in [2.45, 2.75) is 110 Å². The Morgan fingerprint density at radius 3 is 2.08 bits per heavy atom. The first-order valence-electron chi connectivity index (χ1n) is 13.4. The second kappa shape index (κ2) is 10.2. The number of hydrogen-bond donors (Lipinski definition) is 2. The molecule has 2 aliphatic rings. The van der Waals surface area contributed by atoms with Crippen molar-refractivity contribution >= 4 is 23.2 Å². The van der Waals surface area contributed by atoms with Crippen LogP contribution < -0.4 is 5.32 Å². The summed E-state index contributed by atoms with van der Waals surface area (Å²) in [5, 5.41) is 12.6. The summed E-state index contributed by atoms with van der Waals surface area (Å²) in [6.45, 7) is 13.1. The van der Waals surface area contributed by atoms with Gasteiger partial charge in [0.15, 0.2) is 5.01 Å². The highest BCUT2D eigenvalue weighted by Gasteiger charge is 2.36. The predicted octanol–water partition coefficient (Wildman–Crippen LogP) is 6.52. The lowest BCUT2D eigenvalue weighted by atomic mass is 9.80. The molecule has 0 spiro atoms. The molecular formula is C29H41N3O3S. The fourth-order valence-corrected chi connectivity index (χ4v) is 6.08. The molecule has 1 amide bonds. The average molecular weight is 512 g/mol. The van der Waals surface area contributed by atoms with E-state index in [2.05, 4.69) is 59.0 Å². The van der Waals surface area contributed by atoms with E-state index in [0.29, 0.717) is 23.8 Å². The van der Waals surface area contributed by atoms with Gasteiger partial charge in [0.2, 0.25) is 0 Å². The summed E-state index contributed by atoms with van der Waals surface area (Å²) in [6.07, 6.45) is 8.14. The number of amides is 1. The van der Waals surface area contributed by atoms with Gasteiger partial charge in [-0.15, -0.1) is 11.3 Å². The van der Waals surface area contributed by atoms with Crippen molar-refractivity contribution in [3.05, 3.63) is 34.2 Å². The fourth-order valence-electron chi connectivity index (χ4n) is 5.09. The quantitative estimate of drug-likeness (QED) is 0.461. The molecule has 6 nitrogen and oxygen atoms in total. The predicted molar refractivity (Wildman–Crippen MR) is 145 cm³/mol. The van der Waals surface area contributed by atoms with Crippen molar-refractivity contribution in [1.29, 1.82) is 0 Å². The number of rotatable bonds is 6. The smallest absolute Gasteiger partial charge is 0.306 e. The molecule has 4 rings (SSSR count). The second-order valence-electron chi connectivity index (χ2n) is 12.8. The number of pyridine rings is 1. The van der Waals surface area contributed by atoms with Crippen molar-refractivity contribution in [3.8, 4) is 10.4 Å². The lowest BCUT2D eigenvalue weighted by molar-refractivity contribution is -0.145. The van der Waals surface area contributed by atoms with E-state index in [0.717, 1.165) is 33.9 Å². The highest BCUT2D eigenvalue weighted by atomic mass is 32.1. The molecule has 2 saturated carbocycles. The Morgan fingerprint density at radius 1 is 0.972 bits per heavy atom. The Kier molecular flexibility index (Phi) is 7.61. The van der Waals surface area contributed by atoms with Crippen LogP contribution in [0.15, 0.2) is 12.1 Å². The molecule has 2 fully saturated rings. The average Bonchev–Trinajstić information content (AvgIpc) is 3.18. The van der Waals surface area contributed by atoms with Gasteiger partial charge in [0.05, 0.1) is 16.5 Å². The summed E-state index contributed by atoms with van der Waals surface area (Å²) < 4.78 is 0. The molecular weight excluding hydrogens is 470 g/mol. The van der Waals surface area contributed by atoms with E-state index in [9.17, 15) is 9.59 Å². The molecule has 0 bridgehead atoms. The molecule has 0 aromatic carbocycles. The zero-order valence-electron chi connectivity index (χ0n) is 22.6. The zero-order chi connectivity index (χ0) is 26.3. The fraction of sp³-hybridized carbons (Fsp3) is 0.655. The first-order valence-corrected chi connectivity index (χ1v) is 14.2. The Morgan fingerprint density at radius 2 is 1.56 bits per heavy atom. The number of carboxylic acids is 1. The zero-order valence-corrected chi connectivity index (χ0v) is 23.4. The number of carboxylic acid groups (broad SMARTS) is 1. The number of nitrogens with zero attached hydrogens (tertiary/aromatic N) is 2. The minimum Gasteiger partial charge on any atom is -0.481 e. The monoisotopic (exact) mass is 511 g/mol. The number of aromatic nitrogens is 2. The van der Waals surface area contributed by atoms with Crippen LogP contribution >= 0.6 is 11.3 Å². The number of carbonyl (C=O) groups is 2. The highest BCUT2D eigenvalue weighted by molar-refractivity contribution is 7.17. The number of thiazole rings is 1. The number of carbonyl (C=O) groups excluding carboxylic acids is 1. The van der Waals surface area contributed by atoms with E-state index in [1.807, 2.05) is 0 Å². The van der Waals surface area contributed by atoms with Crippen LogP contribution in [0.4, 0.5) is 0 Å². The summed E-state index contributed by atoms with van der Waals surface area (Å²) in [7, 11) is 0. The summed E-state index contributed by atoms with van der Waals surface area (Å²) in [4.78, 5) is 35.3. The Labute approximate surface area is 219 Å². The third-order valence-electron chi connectivity index (χ3n) is 7.55. The minimum atomic E-state index is -0.784. The van der Waals surface area contributed by atoms with Crippen LogP contribution in [0.2, 0.25) is 0 Å². The van der Waals surface area contributed by atoms with E-state index in [1.54, 1.807) is 0 Å². The van der Waals surface area contributed by atoms with Crippen molar-refractivity contribution in [2.24, 2.45) is 11.8 Å². The van der Waals surface area contributed by atoms with Gasteiger partial charge in [-0.1, -0.05) is 73.6 Å². The van der Waals surface area contributed by atoms with Crippen LogP contribution in [0.3, 0.4) is 0 Å². The van der Waals surface area contributed by atoms with Crippen LogP contribution in [-0.4, -0.2) is 33.0 Å². The van der Waals surface area contributed by atoms with E-state index in [1.165, 1.54) is 43.4 Å². The molecule has 2 aromatic heterocycles. The Balaban J connectivity index is 1.69. The van der Waals surface area contributed by atoms with Gasteiger partial charge >= 0.3 is 5.97 Å². The van der Waals surface area contributed by atoms with Crippen LogP contribution in [0.5, 0.6) is 0 Å². The number of nitrogens with one attached hydrogen (secondary N) is 1. The van der Waals surface area contributed by atoms with E-state index < -0.39 is 5.97 Å². The maximum atomic E-state index is 13.1. The molecule has 0 saturated heterocycles. The van der Waals surface area contributed by atoms with E-state index in [-0.39, 0.29) is 28.7 Å². The Hall–Kier alpha value is -2.28. The molecule has 0 unspecified atom stereocenters. The maximum Gasteiger partial charge on any atom is 0.306 e. The maximum absolute atomic E-state index is 13.1. The third kappa shape index (κ3) is 6.16. The van der Waals surface area contributed by atoms with Gasteiger partial charge in [-0.2, -0.15) is 0 Å². The summed E-state index contributed by atoms with van der Waals surface area (Å²) in [6, 6.07) is 4.27. The first-order chi connectivity index (χ1) is 16.8. The molecule has 7 heteroatoms. The third-order valence-corrected chi connectivity index (χ3v) is 8.69. The summed E-state index contributed by atoms with van der Waals surface area (Å²) in [5.41, 5.74) is 3.99. The van der Waals surface area contributed by atoms with Crippen molar-refractivity contribution < 1.29 is 14.7 Å². The molecule has 2 N–H and O–H groups in total. The SMILES string of the molecule is CC(C)(C)c1cc(-c2sc(C(=O)N[C@H]3C[C@H](C(=O)O)C3)nc2CC2CCCCC2)cc(C(C)(C)C)n1. The van der Waals surface area contributed by atoms with Gasteiger partial charge in [0.25, 0.3) is 5.91 Å². The van der Waals surface area contributed by atoms with Crippen LogP contribution in [0.25, 0.3) is 10.4 Å². The largest absolute Gasteiger partial charge is 0.481 e. The molecule has 0 radical (unpaired) electrons. The summed E-state index contributed by atoms with van der Waals surface area (Å²) in [5.74, 6) is -0.725. The molecule has 196 valence electrons. The minimum absolute atomic E-state index is 0.0892. The molecule has 0 aliphatic heterocycles. The molecule has 36 heavy (non-hydrogen) atoms. The van der Waals surface area contributed by atoms with Crippen LogP contribution in [0, 0.1) is 11.8 Å². The van der Waals surface area contributed by atoms with E-state index in [4.69, 9.17) is 15.1 Å².